The molecule has 0 atom stereocenters. The Kier molecular flexibility index (Phi) is 14.7. The number of alkyl carbamates (subject to hydrolysis) is 1. The van der Waals surface area contributed by atoms with Crippen molar-refractivity contribution in [2.75, 3.05) is 39.4 Å². The third kappa shape index (κ3) is 11.2. The SMILES string of the molecule is COc1ccc(CN(Cc2ccc(OC)cc2)S(=O)(=O)c2c(S(=O)(=O)CCNC(=O)OC(C)(C)C)ccc(-c3ccc(C)c(C(=O)O)c3N)c2-c2nnn(Cc3ccc(OC)cc3)n2)cc1. The number of nitrogens with zero attached hydrogens (tertiary/aromatic N) is 5. The molecule has 348 valence electrons. The van der Waals surface area contributed by atoms with Crippen molar-refractivity contribution in [3.05, 3.63) is 125 Å². The lowest BCUT2D eigenvalue weighted by molar-refractivity contribution is 0.0530. The predicted octanol–water partition coefficient (Wildman–Crippen LogP) is 6.36. The van der Waals surface area contributed by atoms with Gasteiger partial charge in [0.15, 0.2) is 9.84 Å². The van der Waals surface area contributed by atoms with Gasteiger partial charge in [-0.15, -0.1) is 10.2 Å². The van der Waals surface area contributed by atoms with Gasteiger partial charge in [0.25, 0.3) is 0 Å². The molecule has 5 aromatic carbocycles. The fourth-order valence-corrected chi connectivity index (χ4v) is 10.6. The van der Waals surface area contributed by atoms with Crippen LogP contribution in [0, 0.1) is 6.92 Å². The molecule has 18 nitrogen and oxygen atoms in total. The van der Waals surface area contributed by atoms with Crippen LogP contribution in [0.25, 0.3) is 22.5 Å². The van der Waals surface area contributed by atoms with E-state index < -0.39 is 59.6 Å². The number of carbonyl (C=O) groups is 2. The third-order valence-corrected chi connectivity index (χ3v) is 14.0. The van der Waals surface area contributed by atoms with Gasteiger partial charge in [0.2, 0.25) is 15.8 Å². The van der Waals surface area contributed by atoms with E-state index >= 15 is 8.42 Å². The van der Waals surface area contributed by atoms with Crippen LogP contribution in [-0.2, 0) is 44.2 Å². The maximum atomic E-state index is 15.9. The number of anilines is 1. The summed E-state index contributed by atoms with van der Waals surface area (Å²) in [7, 11) is -5.16. The van der Waals surface area contributed by atoms with Crippen molar-refractivity contribution in [2.45, 2.75) is 62.7 Å². The molecule has 0 saturated heterocycles. The Morgan fingerprint density at radius 2 is 1.27 bits per heavy atom. The van der Waals surface area contributed by atoms with Gasteiger partial charge < -0.3 is 35.1 Å². The molecule has 0 aliphatic rings. The Bertz CT molecular complexity index is 2890. The monoisotopic (exact) mass is 941 g/mol. The second kappa shape index (κ2) is 20.0. The fraction of sp³-hybridized carbons (Fsp3) is 0.283. The van der Waals surface area contributed by atoms with Gasteiger partial charge in [-0.3, -0.25) is 0 Å². The molecule has 0 spiro atoms. The Morgan fingerprint density at radius 1 is 0.758 bits per heavy atom. The van der Waals surface area contributed by atoms with Gasteiger partial charge in [-0.25, -0.2) is 26.4 Å². The number of tetrazole rings is 1. The summed E-state index contributed by atoms with van der Waals surface area (Å²) in [5, 5.41) is 25.9. The number of carboxylic acids is 1. The summed E-state index contributed by atoms with van der Waals surface area (Å²) in [4.78, 5) is 25.0. The minimum atomic E-state index is -5.03. The number of hydrogen-bond acceptors (Lipinski definition) is 14. The molecule has 0 aliphatic heterocycles. The van der Waals surface area contributed by atoms with Crippen molar-refractivity contribution in [3.63, 3.8) is 0 Å². The number of methoxy groups -OCH3 is 3. The predicted molar refractivity (Wildman–Crippen MR) is 246 cm³/mol. The van der Waals surface area contributed by atoms with Crippen LogP contribution in [0.3, 0.4) is 0 Å². The quantitative estimate of drug-likeness (QED) is 0.0794. The average molecular weight is 942 g/mol. The first kappa shape index (κ1) is 48.4. The van der Waals surface area contributed by atoms with Crippen LogP contribution in [0.4, 0.5) is 10.5 Å². The second-order valence-electron chi connectivity index (χ2n) is 16.0. The van der Waals surface area contributed by atoms with E-state index in [4.69, 9.17) is 24.7 Å². The van der Waals surface area contributed by atoms with Crippen molar-refractivity contribution < 1.29 is 50.5 Å². The number of carbonyl (C=O) groups excluding carboxylic acids is 1. The Morgan fingerprint density at radius 3 is 1.77 bits per heavy atom. The van der Waals surface area contributed by atoms with Gasteiger partial charge in [-0.1, -0.05) is 54.6 Å². The highest BCUT2D eigenvalue weighted by Gasteiger charge is 2.38. The van der Waals surface area contributed by atoms with Crippen molar-refractivity contribution in [3.8, 4) is 39.8 Å². The first-order chi connectivity index (χ1) is 31.2. The first-order valence-corrected chi connectivity index (χ1v) is 23.5. The van der Waals surface area contributed by atoms with Gasteiger partial charge in [0.1, 0.15) is 27.7 Å². The third-order valence-electron chi connectivity index (χ3n) is 10.2. The molecule has 0 fully saturated rings. The lowest BCUT2D eigenvalue weighted by Crippen LogP contribution is -2.35. The van der Waals surface area contributed by atoms with Gasteiger partial charge in [-0.05, 0) is 103 Å². The van der Waals surface area contributed by atoms with Crippen LogP contribution in [0.15, 0.2) is 107 Å². The number of rotatable bonds is 18. The number of sulfone groups is 1. The highest BCUT2D eigenvalue weighted by Crippen LogP contribution is 2.44. The lowest BCUT2D eigenvalue weighted by Gasteiger charge is -2.26. The Balaban J connectivity index is 1.64. The normalized spacial score (nSPS) is 11.9. The molecule has 4 N–H and O–H groups in total. The van der Waals surface area contributed by atoms with E-state index in [1.54, 1.807) is 100 Å². The lowest BCUT2D eigenvalue weighted by atomic mass is 9.93. The number of aromatic nitrogens is 4. The highest BCUT2D eigenvalue weighted by molar-refractivity contribution is 7.93. The summed E-state index contributed by atoms with van der Waals surface area (Å²) in [6, 6.07) is 25.9. The Hall–Kier alpha value is -7.03. The fourth-order valence-electron chi connectivity index (χ4n) is 7.00. The summed E-state index contributed by atoms with van der Waals surface area (Å²) < 4.78 is 83.8. The number of nitrogens with two attached hydrogens (primary N) is 1. The zero-order valence-electron chi connectivity index (χ0n) is 37.4. The molecule has 0 aliphatic carbocycles. The largest absolute Gasteiger partial charge is 0.497 e. The molecular weight excluding hydrogens is 891 g/mol. The van der Waals surface area contributed by atoms with Gasteiger partial charge in [-0.2, -0.15) is 9.10 Å². The Labute approximate surface area is 383 Å². The number of benzene rings is 5. The minimum absolute atomic E-state index is 0.00255. The summed E-state index contributed by atoms with van der Waals surface area (Å²) >= 11 is 0. The summed E-state index contributed by atoms with van der Waals surface area (Å²) in [5.74, 6) is -0.773. The van der Waals surface area contributed by atoms with Crippen molar-refractivity contribution in [1.29, 1.82) is 0 Å². The topological polar surface area (TPSA) is 244 Å². The number of sulfonamides is 1. The number of nitrogen functional groups attached to an aromatic ring is 1. The molecule has 0 unspecified atom stereocenters. The zero-order chi connectivity index (χ0) is 48.0. The molecule has 1 aromatic heterocycles. The highest BCUT2D eigenvalue weighted by atomic mass is 32.2. The van der Waals surface area contributed by atoms with E-state index in [0.717, 1.165) is 15.9 Å². The summed E-state index contributed by atoms with van der Waals surface area (Å²) in [6.45, 7) is 5.56. The number of ether oxygens (including phenoxy) is 4. The minimum Gasteiger partial charge on any atom is -0.497 e. The van der Waals surface area contributed by atoms with E-state index in [9.17, 15) is 23.1 Å². The molecule has 6 aromatic rings. The molecule has 6 rings (SSSR count). The van der Waals surface area contributed by atoms with Crippen LogP contribution in [-0.4, -0.2) is 97.7 Å². The van der Waals surface area contributed by atoms with Crippen molar-refractivity contribution in [2.24, 2.45) is 0 Å². The molecule has 0 bridgehead atoms. The zero-order valence-corrected chi connectivity index (χ0v) is 39.1. The van der Waals surface area contributed by atoms with E-state index in [1.165, 1.54) is 44.3 Å². The van der Waals surface area contributed by atoms with E-state index in [0.29, 0.717) is 33.9 Å². The number of amides is 1. The molecule has 66 heavy (non-hydrogen) atoms. The van der Waals surface area contributed by atoms with E-state index in [2.05, 4.69) is 20.7 Å². The van der Waals surface area contributed by atoms with Crippen LogP contribution in [0.2, 0.25) is 0 Å². The standard InChI is InChI=1S/C46H51N7O11S2/c1-29-8-21-37(41(47)39(29)44(54)55)36-22-23-38(65(57,58)25-24-48-45(56)64-46(2,3)4)42(40(36)43-49-51-53(50-43)28-32-13-19-35(63-7)20-14-32)66(59,60)52(26-30-9-15-33(61-5)16-10-30)27-31-11-17-34(62-6)18-12-31/h8-23H,24-28,47H2,1-7H3,(H,48,56)(H,54,55). The molecular formula is C46H51N7O11S2. The van der Waals surface area contributed by atoms with Crippen molar-refractivity contribution >= 4 is 37.6 Å². The van der Waals surface area contributed by atoms with Crippen molar-refractivity contribution in [1.82, 2.24) is 29.8 Å². The average Bonchev–Trinajstić information content (AvgIpc) is 3.73. The maximum absolute atomic E-state index is 15.9. The maximum Gasteiger partial charge on any atom is 0.407 e. The molecule has 20 heteroatoms. The molecule has 0 radical (unpaired) electrons. The second-order valence-corrected chi connectivity index (χ2v) is 20.0. The van der Waals surface area contributed by atoms with Crippen LogP contribution >= 0.6 is 0 Å². The van der Waals surface area contributed by atoms with Crippen LogP contribution < -0.4 is 25.3 Å². The van der Waals surface area contributed by atoms with Crippen LogP contribution in [0.5, 0.6) is 17.2 Å². The number of aryl methyl sites for hydroxylation is 1. The number of carboxylic acid groups (broad SMARTS) is 1. The van der Waals surface area contributed by atoms with Gasteiger partial charge in [0, 0.05) is 25.2 Å². The van der Waals surface area contributed by atoms with Gasteiger partial charge in [0.05, 0.1) is 55.3 Å². The summed E-state index contributed by atoms with van der Waals surface area (Å²) in [6.07, 6.45) is -0.881. The van der Waals surface area contributed by atoms with Crippen LogP contribution in [0.1, 0.15) is 53.4 Å². The van der Waals surface area contributed by atoms with E-state index in [-0.39, 0.29) is 53.4 Å². The van der Waals surface area contributed by atoms with E-state index in [1.807, 2.05) is 0 Å². The molecule has 1 amide bonds. The summed E-state index contributed by atoms with van der Waals surface area (Å²) in [5.41, 5.74) is 7.10. The smallest absolute Gasteiger partial charge is 0.407 e. The van der Waals surface area contributed by atoms with Gasteiger partial charge >= 0.3 is 12.1 Å². The molecule has 1 heterocycles. The number of hydrogen-bond donors (Lipinski definition) is 3. The number of nitrogens with one attached hydrogen (secondary N) is 1. The number of aromatic carboxylic acids is 1. The first-order valence-electron chi connectivity index (χ1n) is 20.4. The molecule has 0 saturated carbocycles.